The topological polar surface area (TPSA) is 55.1 Å². The zero-order valence-electron chi connectivity index (χ0n) is 10.5. The van der Waals surface area contributed by atoms with Crippen LogP contribution < -0.4 is 11.1 Å². The maximum atomic E-state index is 12.1. The van der Waals surface area contributed by atoms with E-state index in [9.17, 15) is 4.79 Å². The summed E-state index contributed by atoms with van der Waals surface area (Å²) in [7, 11) is 0. The summed E-state index contributed by atoms with van der Waals surface area (Å²) in [4.78, 5) is 12.1. The van der Waals surface area contributed by atoms with Crippen LogP contribution in [-0.4, -0.2) is 11.9 Å². The van der Waals surface area contributed by atoms with E-state index in [-0.39, 0.29) is 11.9 Å². The van der Waals surface area contributed by atoms with Crippen LogP contribution in [0.25, 0.3) is 0 Å². The summed E-state index contributed by atoms with van der Waals surface area (Å²) in [6.07, 6.45) is 0.808. The Morgan fingerprint density at radius 1 is 1.47 bits per heavy atom. The lowest BCUT2D eigenvalue weighted by atomic mass is 10.1. The number of nitrogen functional groups attached to an aromatic ring is 1. The number of carbonyl (C=O) groups is 1. The molecular weight excluding hydrogens is 280 g/mol. The molecule has 1 amide bonds. The minimum absolute atomic E-state index is 0.0529. The quantitative estimate of drug-likeness (QED) is 0.850. The van der Waals surface area contributed by atoms with Crippen molar-refractivity contribution in [2.75, 3.05) is 5.73 Å². The zero-order valence-corrected chi connectivity index (χ0v) is 12.1. The van der Waals surface area contributed by atoms with E-state index in [0.717, 1.165) is 6.42 Å². The highest BCUT2D eigenvalue weighted by Crippen LogP contribution is 2.18. The molecule has 0 aliphatic rings. The summed E-state index contributed by atoms with van der Waals surface area (Å²) in [6, 6.07) is 7.00. The first-order chi connectivity index (χ1) is 9.06. The fraction of sp³-hybridized carbons (Fsp3) is 0.214. The van der Waals surface area contributed by atoms with Gasteiger partial charge in [-0.3, -0.25) is 4.79 Å². The number of carbonyl (C=O) groups excluding carboxylic acids is 1. The van der Waals surface area contributed by atoms with E-state index in [2.05, 4.69) is 16.8 Å². The Morgan fingerprint density at radius 3 is 2.89 bits per heavy atom. The molecule has 2 aromatic rings. The minimum Gasteiger partial charge on any atom is -0.398 e. The lowest BCUT2D eigenvalue weighted by molar-refractivity contribution is 0.0941. The van der Waals surface area contributed by atoms with Crippen LogP contribution in [0.15, 0.2) is 35.0 Å². The predicted molar refractivity (Wildman–Crippen MR) is 80.8 cm³/mol. The summed E-state index contributed by atoms with van der Waals surface area (Å²) >= 11 is 7.47. The molecule has 0 aliphatic carbocycles. The Kier molecular flexibility index (Phi) is 4.45. The predicted octanol–water partition coefficient (Wildman–Crippen LogP) is 3.34. The van der Waals surface area contributed by atoms with Crippen molar-refractivity contribution in [1.82, 2.24) is 5.32 Å². The van der Waals surface area contributed by atoms with Gasteiger partial charge in [-0.1, -0.05) is 11.6 Å². The molecule has 5 heteroatoms. The number of amides is 1. The largest absolute Gasteiger partial charge is 0.398 e. The zero-order chi connectivity index (χ0) is 13.8. The van der Waals surface area contributed by atoms with E-state index >= 15 is 0 Å². The number of halogens is 1. The van der Waals surface area contributed by atoms with Crippen LogP contribution in [0.1, 0.15) is 22.8 Å². The highest BCUT2D eigenvalue weighted by atomic mass is 35.5. The average Bonchev–Trinajstić information content (AvgIpc) is 2.81. The van der Waals surface area contributed by atoms with Crippen molar-refractivity contribution in [3.63, 3.8) is 0 Å². The third-order valence-corrected chi connectivity index (χ3v) is 3.72. The van der Waals surface area contributed by atoms with Gasteiger partial charge in [0.25, 0.3) is 5.91 Å². The van der Waals surface area contributed by atoms with Gasteiger partial charge in [0.15, 0.2) is 0 Å². The van der Waals surface area contributed by atoms with Crippen molar-refractivity contribution in [1.29, 1.82) is 0 Å². The van der Waals surface area contributed by atoms with Gasteiger partial charge < -0.3 is 11.1 Å². The number of nitrogens with one attached hydrogen (secondary N) is 1. The van der Waals surface area contributed by atoms with Crippen molar-refractivity contribution >= 4 is 34.5 Å². The first-order valence-corrected chi connectivity index (χ1v) is 7.25. The lowest BCUT2D eigenvalue weighted by Gasteiger charge is -2.14. The Labute approximate surface area is 121 Å². The molecule has 1 unspecified atom stereocenters. The maximum Gasteiger partial charge on any atom is 0.253 e. The van der Waals surface area contributed by atoms with E-state index in [1.54, 1.807) is 29.5 Å². The summed E-state index contributed by atoms with van der Waals surface area (Å²) in [6.45, 7) is 1.97. The standard InChI is InChI=1S/C14H15ClN2OS/c1-9(6-10-4-5-19-8-10)17-14(18)12-3-2-11(15)7-13(12)16/h2-5,7-9H,6,16H2,1H3,(H,17,18). The van der Waals surface area contributed by atoms with Crippen molar-refractivity contribution in [3.05, 3.63) is 51.2 Å². The van der Waals surface area contributed by atoms with Crippen LogP contribution in [-0.2, 0) is 6.42 Å². The van der Waals surface area contributed by atoms with Gasteiger partial charge in [0.05, 0.1) is 5.56 Å². The van der Waals surface area contributed by atoms with Gasteiger partial charge in [-0.15, -0.1) is 0 Å². The lowest BCUT2D eigenvalue weighted by Crippen LogP contribution is -2.34. The van der Waals surface area contributed by atoms with Crippen LogP contribution in [0.2, 0.25) is 5.02 Å². The molecule has 1 heterocycles. The molecular formula is C14H15ClN2OS. The molecule has 0 saturated heterocycles. The van der Waals surface area contributed by atoms with E-state index in [1.165, 1.54) is 5.56 Å². The van der Waals surface area contributed by atoms with Gasteiger partial charge in [-0.2, -0.15) is 11.3 Å². The first-order valence-electron chi connectivity index (χ1n) is 5.93. The van der Waals surface area contributed by atoms with Crippen LogP contribution in [0, 0.1) is 0 Å². The summed E-state index contributed by atoms with van der Waals surface area (Å²) in [5, 5.41) is 7.58. The fourth-order valence-corrected chi connectivity index (χ4v) is 2.72. The van der Waals surface area contributed by atoms with Gasteiger partial charge in [0.1, 0.15) is 0 Å². The Bertz CT molecular complexity index is 569. The first kappa shape index (κ1) is 13.9. The van der Waals surface area contributed by atoms with Gasteiger partial charge >= 0.3 is 0 Å². The van der Waals surface area contributed by atoms with Crippen molar-refractivity contribution < 1.29 is 4.79 Å². The van der Waals surface area contributed by atoms with Crippen molar-refractivity contribution in [3.8, 4) is 0 Å². The molecule has 1 aromatic heterocycles. The number of nitrogens with two attached hydrogens (primary N) is 1. The Hall–Kier alpha value is -1.52. The molecule has 1 aromatic carbocycles. The molecule has 1 atom stereocenters. The molecule has 19 heavy (non-hydrogen) atoms. The number of rotatable bonds is 4. The van der Waals surface area contributed by atoms with Crippen LogP contribution in [0.3, 0.4) is 0 Å². The number of benzene rings is 1. The minimum atomic E-state index is -0.170. The van der Waals surface area contributed by atoms with E-state index in [1.807, 2.05) is 12.3 Å². The number of anilines is 1. The summed E-state index contributed by atoms with van der Waals surface area (Å²) < 4.78 is 0. The molecule has 3 nitrogen and oxygen atoms in total. The molecule has 0 bridgehead atoms. The highest BCUT2D eigenvalue weighted by Gasteiger charge is 2.13. The second-order valence-corrected chi connectivity index (χ2v) is 5.66. The Morgan fingerprint density at radius 2 is 2.26 bits per heavy atom. The van der Waals surface area contributed by atoms with Crippen LogP contribution in [0.4, 0.5) is 5.69 Å². The third kappa shape index (κ3) is 3.72. The summed E-state index contributed by atoms with van der Waals surface area (Å²) in [5.41, 5.74) is 7.87. The smallest absolute Gasteiger partial charge is 0.253 e. The second-order valence-electron chi connectivity index (χ2n) is 4.44. The maximum absolute atomic E-state index is 12.1. The fourth-order valence-electron chi connectivity index (χ4n) is 1.86. The van der Waals surface area contributed by atoms with Crippen LogP contribution >= 0.6 is 22.9 Å². The van der Waals surface area contributed by atoms with E-state index in [4.69, 9.17) is 17.3 Å². The van der Waals surface area contributed by atoms with E-state index in [0.29, 0.717) is 16.3 Å². The van der Waals surface area contributed by atoms with Crippen molar-refractivity contribution in [2.24, 2.45) is 0 Å². The second kappa shape index (κ2) is 6.08. The molecule has 0 spiro atoms. The summed E-state index contributed by atoms with van der Waals surface area (Å²) in [5.74, 6) is -0.170. The van der Waals surface area contributed by atoms with Crippen LogP contribution in [0.5, 0.6) is 0 Å². The number of hydrogen-bond donors (Lipinski definition) is 2. The average molecular weight is 295 g/mol. The highest BCUT2D eigenvalue weighted by molar-refractivity contribution is 7.07. The van der Waals surface area contributed by atoms with E-state index < -0.39 is 0 Å². The molecule has 2 rings (SSSR count). The Balaban J connectivity index is 2.00. The van der Waals surface area contributed by atoms with Crippen molar-refractivity contribution in [2.45, 2.75) is 19.4 Å². The van der Waals surface area contributed by atoms with Gasteiger partial charge in [0.2, 0.25) is 0 Å². The third-order valence-electron chi connectivity index (χ3n) is 2.76. The number of thiophene rings is 1. The molecule has 3 N–H and O–H groups in total. The van der Waals surface area contributed by atoms with Gasteiger partial charge in [-0.05, 0) is 53.9 Å². The molecule has 0 fully saturated rings. The van der Waals surface area contributed by atoms with Gasteiger partial charge in [0, 0.05) is 16.8 Å². The molecule has 0 radical (unpaired) electrons. The molecule has 100 valence electrons. The SMILES string of the molecule is CC(Cc1ccsc1)NC(=O)c1ccc(Cl)cc1N. The molecule has 0 saturated carbocycles. The number of hydrogen-bond acceptors (Lipinski definition) is 3. The monoisotopic (exact) mass is 294 g/mol. The molecule has 0 aliphatic heterocycles. The normalized spacial score (nSPS) is 12.1. The van der Waals surface area contributed by atoms with Gasteiger partial charge in [-0.25, -0.2) is 0 Å².